The molecule has 15 heavy (non-hydrogen) atoms. The summed E-state index contributed by atoms with van der Waals surface area (Å²) in [4.78, 5) is 10.8. The molecule has 1 rings (SSSR count). The summed E-state index contributed by atoms with van der Waals surface area (Å²) in [6.07, 6.45) is 0. The zero-order valence-corrected chi connectivity index (χ0v) is 8.77. The fraction of sp³-hybridized carbons (Fsp3) is 0.222. The number of nitrogens with two attached hydrogens (primary N) is 1. The van der Waals surface area contributed by atoms with Crippen LogP contribution < -0.4 is 11.1 Å². The lowest BCUT2D eigenvalue weighted by atomic mass is 10.2. The Bertz CT molecular complexity index is 385. The van der Waals surface area contributed by atoms with Gasteiger partial charge in [-0.05, 0) is 6.07 Å². The third-order valence-electron chi connectivity index (χ3n) is 1.74. The Hall–Kier alpha value is -1.49. The zero-order valence-electron chi connectivity index (χ0n) is 8.01. The minimum Gasteiger partial charge on any atom is -0.468 e. The van der Waals surface area contributed by atoms with Gasteiger partial charge in [-0.3, -0.25) is 4.79 Å². The van der Waals surface area contributed by atoms with Crippen molar-refractivity contribution in [3.63, 3.8) is 0 Å². The Labute approximate surface area is 91.2 Å². The number of anilines is 2. The predicted octanol–water partition coefficient (Wildman–Crippen LogP) is 1.65. The first kappa shape index (κ1) is 11.6. The smallest absolute Gasteiger partial charge is 0.325 e. The number of esters is 1. The molecule has 0 saturated carbocycles. The number of carbonyl (C=O) groups is 1. The third kappa shape index (κ3) is 2.99. The molecule has 0 fully saturated rings. The summed E-state index contributed by atoms with van der Waals surface area (Å²) in [6, 6.07) is 2.40. The van der Waals surface area contributed by atoms with Crippen molar-refractivity contribution in [1.29, 1.82) is 0 Å². The number of hydrogen-bond acceptors (Lipinski definition) is 4. The SMILES string of the molecule is COC(=O)CNc1cc(F)c(Cl)cc1N. The van der Waals surface area contributed by atoms with E-state index < -0.39 is 11.8 Å². The maximum absolute atomic E-state index is 13.0. The van der Waals surface area contributed by atoms with Crippen molar-refractivity contribution < 1.29 is 13.9 Å². The number of halogens is 2. The summed E-state index contributed by atoms with van der Waals surface area (Å²) >= 11 is 5.50. The van der Waals surface area contributed by atoms with E-state index in [2.05, 4.69) is 10.1 Å². The highest BCUT2D eigenvalue weighted by Crippen LogP contribution is 2.25. The van der Waals surface area contributed by atoms with Crippen molar-refractivity contribution in [2.24, 2.45) is 0 Å². The van der Waals surface area contributed by atoms with Gasteiger partial charge in [-0.2, -0.15) is 0 Å². The fourth-order valence-electron chi connectivity index (χ4n) is 0.955. The first-order valence-electron chi connectivity index (χ1n) is 4.09. The molecular weight excluding hydrogens is 223 g/mol. The molecule has 1 aromatic carbocycles. The van der Waals surface area contributed by atoms with Gasteiger partial charge in [0.2, 0.25) is 0 Å². The van der Waals surface area contributed by atoms with Gasteiger partial charge in [-0.25, -0.2) is 4.39 Å². The van der Waals surface area contributed by atoms with Crippen molar-refractivity contribution in [2.45, 2.75) is 0 Å². The largest absolute Gasteiger partial charge is 0.468 e. The summed E-state index contributed by atoms with van der Waals surface area (Å²) in [6.45, 7) is -0.0816. The van der Waals surface area contributed by atoms with Crippen LogP contribution in [0, 0.1) is 5.82 Å². The van der Waals surface area contributed by atoms with Crippen LogP contribution in [0.2, 0.25) is 5.02 Å². The molecule has 0 aliphatic carbocycles. The van der Waals surface area contributed by atoms with Gasteiger partial charge in [0.05, 0.1) is 23.5 Å². The second-order valence-corrected chi connectivity index (χ2v) is 3.19. The second-order valence-electron chi connectivity index (χ2n) is 2.78. The highest BCUT2D eigenvalue weighted by Gasteiger charge is 2.07. The second kappa shape index (κ2) is 4.84. The minimum atomic E-state index is -0.599. The van der Waals surface area contributed by atoms with E-state index in [1.54, 1.807) is 0 Å². The molecule has 0 radical (unpaired) electrons. The van der Waals surface area contributed by atoms with E-state index in [1.807, 2.05) is 0 Å². The van der Waals surface area contributed by atoms with E-state index in [9.17, 15) is 9.18 Å². The summed E-state index contributed by atoms with van der Waals surface area (Å²) in [7, 11) is 1.26. The van der Waals surface area contributed by atoms with E-state index in [0.717, 1.165) is 6.07 Å². The molecule has 0 saturated heterocycles. The van der Waals surface area contributed by atoms with E-state index in [4.69, 9.17) is 17.3 Å². The molecule has 0 bridgehead atoms. The third-order valence-corrected chi connectivity index (χ3v) is 2.03. The van der Waals surface area contributed by atoms with Gasteiger partial charge in [0.15, 0.2) is 0 Å². The van der Waals surface area contributed by atoms with Crippen LogP contribution in [-0.4, -0.2) is 19.6 Å². The molecule has 0 aliphatic rings. The van der Waals surface area contributed by atoms with Crippen LogP contribution in [0.1, 0.15) is 0 Å². The molecular formula is C9H10ClFN2O2. The Balaban J connectivity index is 2.77. The lowest BCUT2D eigenvalue weighted by Crippen LogP contribution is -2.15. The molecule has 0 atom stereocenters. The molecule has 0 aromatic heterocycles. The van der Waals surface area contributed by atoms with Crippen LogP contribution >= 0.6 is 11.6 Å². The normalized spacial score (nSPS) is 9.80. The lowest BCUT2D eigenvalue weighted by Gasteiger charge is -2.08. The number of carbonyl (C=O) groups excluding carboxylic acids is 1. The van der Waals surface area contributed by atoms with Crippen LogP contribution in [0.4, 0.5) is 15.8 Å². The number of nitrogens with one attached hydrogen (secondary N) is 1. The molecule has 0 amide bonds. The topological polar surface area (TPSA) is 64.3 Å². The molecule has 1 aromatic rings. The highest BCUT2D eigenvalue weighted by molar-refractivity contribution is 6.31. The van der Waals surface area contributed by atoms with Crippen LogP contribution in [-0.2, 0) is 9.53 Å². The van der Waals surface area contributed by atoms with E-state index in [-0.39, 0.29) is 17.3 Å². The first-order chi connectivity index (χ1) is 7.04. The molecule has 4 nitrogen and oxygen atoms in total. The fourth-order valence-corrected chi connectivity index (χ4v) is 1.13. The van der Waals surface area contributed by atoms with Gasteiger partial charge in [0.1, 0.15) is 12.4 Å². The summed E-state index contributed by atoms with van der Waals surface area (Å²) in [5, 5.41) is 2.57. The van der Waals surface area contributed by atoms with Crippen LogP contribution in [0.5, 0.6) is 0 Å². The number of ether oxygens (including phenoxy) is 1. The van der Waals surface area contributed by atoms with Crippen molar-refractivity contribution in [3.05, 3.63) is 23.0 Å². The first-order valence-corrected chi connectivity index (χ1v) is 4.47. The molecule has 3 N–H and O–H groups in total. The number of benzene rings is 1. The standard InChI is InChI=1S/C9H10ClFN2O2/c1-15-9(14)4-13-8-3-6(11)5(10)2-7(8)12/h2-3,13H,4,12H2,1H3. The predicted molar refractivity (Wildman–Crippen MR) is 56.3 cm³/mol. The van der Waals surface area contributed by atoms with E-state index >= 15 is 0 Å². The Morgan fingerprint density at radius 1 is 1.67 bits per heavy atom. The Kier molecular flexibility index (Phi) is 3.74. The number of methoxy groups -OCH3 is 1. The molecule has 6 heteroatoms. The number of nitrogen functional groups attached to an aromatic ring is 1. The maximum atomic E-state index is 13.0. The van der Waals surface area contributed by atoms with Gasteiger partial charge in [0.25, 0.3) is 0 Å². The average molecular weight is 233 g/mol. The van der Waals surface area contributed by atoms with Gasteiger partial charge in [-0.1, -0.05) is 11.6 Å². The maximum Gasteiger partial charge on any atom is 0.325 e. The molecule has 0 spiro atoms. The van der Waals surface area contributed by atoms with Gasteiger partial charge in [-0.15, -0.1) is 0 Å². The Morgan fingerprint density at radius 2 is 2.33 bits per heavy atom. The highest BCUT2D eigenvalue weighted by atomic mass is 35.5. The number of rotatable bonds is 3. The number of hydrogen-bond donors (Lipinski definition) is 2. The Morgan fingerprint density at radius 3 is 2.93 bits per heavy atom. The van der Waals surface area contributed by atoms with Crippen LogP contribution in [0.25, 0.3) is 0 Å². The van der Waals surface area contributed by atoms with E-state index in [0.29, 0.717) is 5.69 Å². The molecule has 82 valence electrons. The summed E-state index contributed by atoms with van der Waals surface area (Å²) in [5.74, 6) is -1.07. The minimum absolute atomic E-state index is 0.0591. The average Bonchev–Trinajstić information content (AvgIpc) is 2.21. The monoisotopic (exact) mass is 232 g/mol. The lowest BCUT2D eigenvalue weighted by molar-refractivity contribution is -0.138. The van der Waals surface area contributed by atoms with Crippen molar-refractivity contribution in [1.82, 2.24) is 0 Å². The van der Waals surface area contributed by atoms with Gasteiger partial charge < -0.3 is 15.8 Å². The zero-order chi connectivity index (χ0) is 11.4. The van der Waals surface area contributed by atoms with Crippen molar-refractivity contribution >= 4 is 28.9 Å². The molecule has 0 heterocycles. The van der Waals surface area contributed by atoms with Crippen molar-refractivity contribution in [2.75, 3.05) is 24.7 Å². The van der Waals surface area contributed by atoms with Gasteiger partial charge in [0, 0.05) is 6.07 Å². The summed E-state index contributed by atoms with van der Waals surface area (Å²) in [5.41, 5.74) is 6.13. The van der Waals surface area contributed by atoms with Crippen LogP contribution in [0.3, 0.4) is 0 Å². The van der Waals surface area contributed by atoms with Gasteiger partial charge >= 0.3 is 5.97 Å². The molecule has 0 unspecified atom stereocenters. The quantitative estimate of drug-likeness (QED) is 0.614. The van der Waals surface area contributed by atoms with Crippen molar-refractivity contribution in [3.8, 4) is 0 Å². The molecule has 0 aliphatic heterocycles. The summed E-state index contributed by atoms with van der Waals surface area (Å²) < 4.78 is 17.4. The van der Waals surface area contributed by atoms with E-state index in [1.165, 1.54) is 13.2 Å². The van der Waals surface area contributed by atoms with Crippen LogP contribution in [0.15, 0.2) is 12.1 Å².